The van der Waals surface area contributed by atoms with E-state index in [1.165, 1.54) is 71.1 Å². The van der Waals surface area contributed by atoms with Crippen LogP contribution < -0.4 is 0 Å². The van der Waals surface area contributed by atoms with Crippen LogP contribution in [0.2, 0.25) is 0 Å². The molecule has 0 N–H and O–H groups in total. The van der Waals surface area contributed by atoms with E-state index < -0.39 is 0 Å². The van der Waals surface area contributed by atoms with Crippen molar-refractivity contribution >= 4 is 0 Å². The third-order valence-electron chi connectivity index (χ3n) is 6.74. The lowest BCUT2D eigenvalue weighted by atomic mass is 9.65. The second-order valence-electron chi connectivity index (χ2n) is 8.09. The number of rotatable bonds is 3. The predicted molar refractivity (Wildman–Crippen MR) is 86.0 cm³/mol. The van der Waals surface area contributed by atoms with Crippen LogP contribution in [0.15, 0.2) is 0 Å². The highest BCUT2D eigenvalue weighted by Gasteiger charge is 2.41. The first-order valence-electron chi connectivity index (χ1n) is 9.10. The molecule has 1 aliphatic carbocycles. The Morgan fingerprint density at radius 1 is 1.00 bits per heavy atom. The van der Waals surface area contributed by atoms with Gasteiger partial charge in [-0.05, 0) is 76.8 Å². The molecule has 0 aromatic rings. The Bertz CT molecular complexity index is 301. The second kappa shape index (κ2) is 5.96. The quantitative estimate of drug-likeness (QED) is 0.775. The highest BCUT2D eigenvalue weighted by Crippen LogP contribution is 2.47. The Balaban J connectivity index is 1.44. The molecule has 0 aromatic carbocycles. The average molecular weight is 278 g/mol. The zero-order valence-electron chi connectivity index (χ0n) is 13.9. The fourth-order valence-corrected chi connectivity index (χ4v) is 4.70. The molecule has 3 rings (SSSR count). The molecule has 2 heteroatoms. The monoisotopic (exact) mass is 278 g/mol. The van der Waals surface area contributed by atoms with E-state index in [1.54, 1.807) is 0 Å². The first kappa shape index (κ1) is 14.8. The third-order valence-corrected chi connectivity index (χ3v) is 6.74. The van der Waals surface area contributed by atoms with E-state index >= 15 is 0 Å². The molecule has 20 heavy (non-hydrogen) atoms. The Hall–Kier alpha value is -0.0800. The zero-order valence-corrected chi connectivity index (χ0v) is 13.9. The lowest BCUT2D eigenvalue weighted by Crippen LogP contribution is -2.63. The molecule has 3 aliphatic rings. The fourth-order valence-electron chi connectivity index (χ4n) is 4.70. The van der Waals surface area contributed by atoms with Crippen molar-refractivity contribution in [3.8, 4) is 0 Å². The van der Waals surface area contributed by atoms with Crippen LogP contribution in [-0.4, -0.2) is 48.1 Å². The highest BCUT2D eigenvalue weighted by molar-refractivity contribution is 4.95. The topological polar surface area (TPSA) is 6.48 Å². The van der Waals surface area contributed by atoms with E-state index in [-0.39, 0.29) is 0 Å². The van der Waals surface area contributed by atoms with Crippen molar-refractivity contribution in [1.82, 2.24) is 9.80 Å². The van der Waals surface area contributed by atoms with Crippen molar-refractivity contribution in [3.05, 3.63) is 0 Å². The van der Waals surface area contributed by atoms with Crippen LogP contribution in [0.1, 0.15) is 65.7 Å². The molecule has 116 valence electrons. The van der Waals surface area contributed by atoms with Gasteiger partial charge in [-0.3, -0.25) is 9.80 Å². The summed E-state index contributed by atoms with van der Waals surface area (Å²) in [7, 11) is 0. The first-order valence-corrected chi connectivity index (χ1v) is 9.10. The van der Waals surface area contributed by atoms with E-state index in [9.17, 15) is 0 Å². The van der Waals surface area contributed by atoms with E-state index in [0.717, 1.165) is 23.4 Å². The van der Waals surface area contributed by atoms with E-state index in [4.69, 9.17) is 0 Å². The maximum Gasteiger partial charge on any atom is 0.0350 e. The molecule has 1 saturated carbocycles. The molecule has 0 atom stereocenters. The maximum atomic E-state index is 2.80. The minimum absolute atomic E-state index is 0.742. The molecule has 2 nitrogen and oxygen atoms in total. The smallest absolute Gasteiger partial charge is 0.0350 e. The minimum Gasteiger partial charge on any atom is -0.298 e. The van der Waals surface area contributed by atoms with Gasteiger partial charge in [0.15, 0.2) is 0 Å². The summed E-state index contributed by atoms with van der Waals surface area (Å²) in [6.07, 6.45) is 10.5. The van der Waals surface area contributed by atoms with Crippen LogP contribution in [0.4, 0.5) is 0 Å². The van der Waals surface area contributed by atoms with E-state index in [2.05, 4.69) is 30.6 Å². The fraction of sp³-hybridized carbons (Fsp3) is 1.00. The van der Waals surface area contributed by atoms with Crippen molar-refractivity contribution in [2.75, 3.05) is 26.2 Å². The molecule has 0 unspecified atom stereocenters. The molecule has 0 bridgehead atoms. The van der Waals surface area contributed by atoms with Gasteiger partial charge in [0, 0.05) is 25.2 Å². The lowest BCUT2D eigenvalue weighted by Gasteiger charge is -2.52. The van der Waals surface area contributed by atoms with Gasteiger partial charge in [-0.25, -0.2) is 0 Å². The van der Waals surface area contributed by atoms with Gasteiger partial charge in [-0.2, -0.15) is 0 Å². The molecule has 3 fully saturated rings. The Morgan fingerprint density at radius 2 is 1.60 bits per heavy atom. The number of likely N-dealkylation sites (tertiary alicyclic amines) is 2. The predicted octanol–water partition coefficient (Wildman–Crippen LogP) is 3.76. The van der Waals surface area contributed by atoms with E-state index in [0.29, 0.717) is 0 Å². The van der Waals surface area contributed by atoms with Crippen molar-refractivity contribution in [1.29, 1.82) is 0 Å². The molecule has 0 aromatic heterocycles. The summed E-state index contributed by atoms with van der Waals surface area (Å²) in [5, 5.41) is 0. The van der Waals surface area contributed by atoms with Crippen LogP contribution in [0.3, 0.4) is 0 Å². The highest BCUT2D eigenvalue weighted by atomic mass is 15.3. The normalized spacial score (nSPS) is 30.0. The van der Waals surface area contributed by atoms with Gasteiger partial charge in [0.1, 0.15) is 0 Å². The third kappa shape index (κ3) is 2.92. The van der Waals surface area contributed by atoms with E-state index in [1.807, 2.05) is 0 Å². The Labute approximate surface area is 125 Å². The maximum absolute atomic E-state index is 2.80. The largest absolute Gasteiger partial charge is 0.298 e. The standard InChI is InChI=1S/C18H34N2/c1-4-16-5-7-18(8-6-16)9-11-19(12-10-18)17-13-20(14-17)15(2)3/h15-17H,4-14H2,1-3H3. The van der Waals surface area contributed by atoms with Crippen LogP contribution >= 0.6 is 0 Å². The van der Waals surface area contributed by atoms with Gasteiger partial charge in [0.25, 0.3) is 0 Å². The van der Waals surface area contributed by atoms with Crippen molar-refractivity contribution < 1.29 is 0 Å². The van der Waals surface area contributed by atoms with Gasteiger partial charge in [0.05, 0.1) is 0 Å². The molecular formula is C18H34N2. The molecule has 2 saturated heterocycles. The van der Waals surface area contributed by atoms with Crippen LogP contribution in [0.25, 0.3) is 0 Å². The van der Waals surface area contributed by atoms with Gasteiger partial charge in [-0.1, -0.05) is 13.3 Å². The molecule has 2 aliphatic heterocycles. The van der Waals surface area contributed by atoms with Crippen LogP contribution in [0, 0.1) is 11.3 Å². The van der Waals surface area contributed by atoms with Gasteiger partial charge in [-0.15, -0.1) is 0 Å². The van der Waals surface area contributed by atoms with Crippen molar-refractivity contribution in [2.45, 2.75) is 77.8 Å². The van der Waals surface area contributed by atoms with Crippen molar-refractivity contribution in [2.24, 2.45) is 11.3 Å². The minimum atomic E-state index is 0.742. The number of nitrogens with zero attached hydrogens (tertiary/aromatic N) is 2. The summed E-state index contributed by atoms with van der Waals surface area (Å²) in [4.78, 5) is 5.41. The molecule has 0 amide bonds. The van der Waals surface area contributed by atoms with Gasteiger partial charge >= 0.3 is 0 Å². The lowest BCUT2D eigenvalue weighted by molar-refractivity contribution is -0.0292. The summed E-state index contributed by atoms with van der Waals surface area (Å²) < 4.78 is 0. The zero-order chi connectivity index (χ0) is 14.2. The van der Waals surface area contributed by atoms with Crippen LogP contribution in [0.5, 0.6) is 0 Å². The molecular weight excluding hydrogens is 244 g/mol. The number of hydrogen-bond donors (Lipinski definition) is 0. The molecule has 0 radical (unpaired) electrons. The average Bonchev–Trinajstić information content (AvgIpc) is 2.40. The number of hydrogen-bond acceptors (Lipinski definition) is 2. The Morgan fingerprint density at radius 3 is 2.10 bits per heavy atom. The van der Waals surface area contributed by atoms with Crippen molar-refractivity contribution in [3.63, 3.8) is 0 Å². The molecule has 2 heterocycles. The summed E-state index contributed by atoms with van der Waals surface area (Å²) >= 11 is 0. The second-order valence-corrected chi connectivity index (χ2v) is 8.09. The van der Waals surface area contributed by atoms with Gasteiger partial charge < -0.3 is 0 Å². The van der Waals surface area contributed by atoms with Gasteiger partial charge in [0.2, 0.25) is 0 Å². The summed E-state index contributed by atoms with van der Waals surface area (Å²) in [6.45, 7) is 12.4. The summed E-state index contributed by atoms with van der Waals surface area (Å²) in [6, 6.07) is 1.62. The first-order chi connectivity index (χ1) is 9.62. The molecule has 1 spiro atoms. The SMILES string of the molecule is CCC1CCC2(CC1)CCN(C1CN(C(C)C)C1)CC2. The summed E-state index contributed by atoms with van der Waals surface area (Å²) in [5.74, 6) is 1.05. The Kier molecular flexibility index (Phi) is 4.42. The van der Waals surface area contributed by atoms with Crippen LogP contribution in [-0.2, 0) is 0 Å². The number of piperidine rings is 1. The summed E-state index contributed by atoms with van der Waals surface area (Å²) in [5.41, 5.74) is 0.754.